The van der Waals surface area contributed by atoms with Crippen LogP contribution >= 0.6 is 0 Å². The van der Waals surface area contributed by atoms with Crippen molar-refractivity contribution in [1.29, 1.82) is 0 Å². The van der Waals surface area contributed by atoms with Crippen LogP contribution in [0.4, 0.5) is 13.2 Å². The number of carbonyl (C=O) groups is 2. The van der Waals surface area contributed by atoms with Gasteiger partial charge < -0.3 is 19.5 Å². The highest BCUT2D eigenvalue weighted by Crippen LogP contribution is 2.38. The number of likely N-dealkylation sites (tertiary alicyclic amines) is 1. The molecule has 0 saturated carbocycles. The van der Waals surface area contributed by atoms with Crippen molar-refractivity contribution in [2.45, 2.75) is 19.5 Å². The Morgan fingerprint density at radius 3 is 2.33 bits per heavy atom. The monoisotopic (exact) mass is 389 g/mol. The summed E-state index contributed by atoms with van der Waals surface area (Å²) in [5.74, 6) is -5.32. The number of rotatable bonds is 6. The summed E-state index contributed by atoms with van der Waals surface area (Å²) < 4.78 is 49.6. The third-order valence-corrected chi connectivity index (χ3v) is 4.78. The summed E-state index contributed by atoms with van der Waals surface area (Å²) in [4.78, 5) is 24.7. The summed E-state index contributed by atoms with van der Waals surface area (Å²) in [5, 5.41) is 9.06. The highest BCUT2D eigenvalue weighted by molar-refractivity contribution is 5.81. The zero-order chi connectivity index (χ0) is 20.4. The number of halogens is 3. The Bertz CT molecular complexity index is 707. The molecule has 1 aliphatic rings. The van der Waals surface area contributed by atoms with Crippen LogP contribution in [0.1, 0.15) is 12.5 Å². The first-order chi connectivity index (χ1) is 12.6. The molecule has 1 amide bonds. The van der Waals surface area contributed by atoms with Gasteiger partial charge in [0.1, 0.15) is 0 Å². The quantitative estimate of drug-likeness (QED) is 0.810. The SMILES string of the molecule is COc1ccc(CC(C)C(=O)N2C[C@@H](C(F)(F)F)[C@H](C(=O)O)C2)cc1OC. The first kappa shape index (κ1) is 20.9. The highest BCUT2D eigenvalue weighted by Gasteiger charge is 2.53. The van der Waals surface area contributed by atoms with Crippen LogP contribution in [-0.2, 0) is 16.0 Å². The highest BCUT2D eigenvalue weighted by atomic mass is 19.4. The van der Waals surface area contributed by atoms with Crippen LogP contribution in [0.2, 0.25) is 0 Å². The second kappa shape index (κ2) is 8.06. The number of carboxylic acids is 1. The van der Waals surface area contributed by atoms with Crippen molar-refractivity contribution < 1.29 is 37.3 Å². The van der Waals surface area contributed by atoms with Gasteiger partial charge in [-0.1, -0.05) is 13.0 Å². The standard InChI is InChI=1S/C18H22F3NO5/c1-10(6-11-4-5-14(26-2)15(7-11)27-3)16(23)22-8-12(17(24)25)13(9-22)18(19,20)21/h4-5,7,10,12-13H,6,8-9H2,1-3H3,(H,24,25)/t10?,12-,13-/m1/s1. The van der Waals surface area contributed by atoms with E-state index in [0.717, 1.165) is 10.5 Å². The second-order valence-electron chi connectivity index (χ2n) is 6.63. The van der Waals surface area contributed by atoms with Gasteiger partial charge >= 0.3 is 12.1 Å². The van der Waals surface area contributed by atoms with Crippen LogP contribution in [0.5, 0.6) is 11.5 Å². The van der Waals surface area contributed by atoms with Gasteiger partial charge in [0.25, 0.3) is 0 Å². The number of carbonyl (C=O) groups excluding carboxylic acids is 1. The van der Waals surface area contributed by atoms with Crippen molar-refractivity contribution in [3.05, 3.63) is 23.8 Å². The number of amides is 1. The number of hydrogen-bond acceptors (Lipinski definition) is 4. The van der Waals surface area contributed by atoms with Gasteiger partial charge in [0.15, 0.2) is 11.5 Å². The Morgan fingerprint density at radius 2 is 1.85 bits per heavy atom. The average molecular weight is 389 g/mol. The Balaban J connectivity index is 2.10. The van der Waals surface area contributed by atoms with Gasteiger partial charge in [0.2, 0.25) is 5.91 Å². The molecule has 3 atom stereocenters. The van der Waals surface area contributed by atoms with Gasteiger partial charge in [0.05, 0.1) is 26.1 Å². The first-order valence-electron chi connectivity index (χ1n) is 8.37. The summed E-state index contributed by atoms with van der Waals surface area (Å²) >= 11 is 0. The Morgan fingerprint density at radius 1 is 1.22 bits per heavy atom. The third kappa shape index (κ3) is 4.64. The molecule has 150 valence electrons. The molecule has 1 N–H and O–H groups in total. The molecule has 2 rings (SSSR count). The molecule has 1 fully saturated rings. The van der Waals surface area contributed by atoms with E-state index in [4.69, 9.17) is 14.6 Å². The van der Waals surface area contributed by atoms with Gasteiger partial charge in [-0.2, -0.15) is 13.2 Å². The normalized spacial score (nSPS) is 21.0. The molecular weight excluding hydrogens is 367 g/mol. The maximum absolute atomic E-state index is 13.1. The lowest BCUT2D eigenvalue weighted by molar-refractivity contribution is -0.188. The Hall–Kier alpha value is -2.45. The van der Waals surface area contributed by atoms with Crippen LogP contribution < -0.4 is 9.47 Å². The van der Waals surface area contributed by atoms with Crippen LogP contribution in [0.15, 0.2) is 18.2 Å². The summed E-state index contributed by atoms with van der Waals surface area (Å²) in [6.07, 6.45) is -4.38. The molecule has 1 aliphatic heterocycles. The first-order valence-corrected chi connectivity index (χ1v) is 8.37. The van der Waals surface area contributed by atoms with Gasteiger partial charge in [-0.25, -0.2) is 0 Å². The molecule has 0 aromatic heterocycles. The topological polar surface area (TPSA) is 76.1 Å². The van der Waals surface area contributed by atoms with E-state index in [2.05, 4.69) is 0 Å². The van der Waals surface area contributed by atoms with Crippen molar-refractivity contribution in [3.63, 3.8) is 0 Å². The summed E-state index contributed by atoms with van der Waals surface area (Å²) in [6.45, 7) is 0.542. The van der Waals surface area contributed by atoms with Crippen molar-refractivity contribution in [3.8, 4) is 11.5 Å². The van der Waals surface area contributed by atoms with Crippen molar-refractivity contribution in [2.75, 3.05) is 27.3 Å². The lowest BCUT2D eigenvalue weighted by atomic mass is 9.96. The zero-order valence-electron chi connectivity index (χ0n) is 15.2. The molecule has 9 heteroatoms. The molecule has 27 heavy (non-hydrogen) atoms. The predicted molar refractivity (Wildman–Crippen MR) is 89.7 cm³/mol. The fourth-order valence-corrected chi connectivity index (χ4v) is 3.33. The molecule has 1 aromatic carbocycles. The minimum atomic E-state index is -4.66. The van der Waals surface area contributed by atoms with Crippen molar-refractivity contribution >= 4 is 11.9 Å². The zero-order valence-corrected chi connectivity index (χ0v) is 15.2. The van der Waals surface area contributed by atoms with Gasteiger partial charge in [-0.05, 0) is 24.1 Å². The van der Waals surface area contributed by atoms with E-state index in [0.29, 0.717) is 11.5 Å². The molecule has 1 unspecified atom stereocenters. The number of nitrogens with zero attached hydrogens (tertiary/aromatic N) is 1. The van der Waals surface area contributed by atoms with E-state index < -0.39 is 48.9 Å². The number of alkyl halides is 3. The molecule has 1 saturated heterocycles. The van der Waals surface area contributed by atoms with E-state index in [-0.39, 0.29) is 6.42 Å². The van der Waals surface area contributed by atoms with Crippen LogP contribution in [0, 0.1) is 17.8 Å². The Labute approximate surface area is 154 Å². The van der Waals surface area contributed by atoms with E-state index in [1.54, 1.807) is 25.1 Å². The van der Waals surface area contributed by atoms with E-state index in [9.17, 15) is 22.8 Å². The molecule has 0 bridgehead atoms. The van der Waals surface area contributed by atoms with E-state index in [1.165, 1.54) is 14.2 Å². The summed E-state index contributed by atoms with van der Waals surface area (Å²) in [6, 6.07) is 5.13. The number of carboxylic acid groups (broad SMARTS) is 1. The van der Waals surface area contributed by atoms with Gasteiger partial charge in [-0.3, -0.25) is 9.59 Å². The number of aliphatic carboxylic acids is 1. The number of hydrogen-bond donors (Lipinski definition) is 1. The predicted octanol–water partition coefficient (Wildman–Crippen LogP) is 2.60. The molecular formula is C18H22F3NO5. The maximum atomic E-state index is 13.1. The minimum absolute atomic E-state index is 0.282. The van der Waals surface area contributed by atoms with E-state index >= 15 is 0 Å². The molecule has 0 radical (unpaired) electrons. The van der Waals surface area contributed by atoms with Gasteiger partial charge in [0, 0.05) is 19.0 Å². The Kier molecular flexibility index (Phi) is 6.22. The van der Waals surface area contributed by atoms with E-state index in [1.807, 2.05) is 0 Å². The largest absolute Gasteiger partial charge is 0.493 e. The fourth-order valence-electron chi connectivity index (χ4n) is 3.33. The van der Waals surface area contributed by atoms with Crippen LogP contribution in [0.25, 0.3) is 0 Å². The third-order valence-electron chi connectivity index (χ3n) is 4.78. The fraction of sp³-hybridized carbons (Fsp3) is 0.556. The molecule has 0 aliphatic carbocycles. The van der Waals surface area contributed by atoms with Crippen molar-refractivity contribution in [2.24, 2.45) is 17.8 Å². The number of ether oxygens (including phenoxy) is 2. The number of benzene rings is 1. The minimum Gasteiger partial charge on any atom is -0.493 e. The maximum Gasteiger partial charge on any atom is 0.394 e. The lowest BCUT2D eigenvalue weighted by Gasteiger charge is -2.22. The summed E-state index contributed by atoms with van der Waals surface area (Å²) in [5.41, 5.74) is 0.759. The summed E-state index contributed by atoms with van der Waals surface area (Å²) in [7, 11) is 2.97. The van der Waals surface area contributed by atoms with Crippen LogP contribution in [0.3, 0.4) is 0 Å². The smallest absolute Gasteiger partial charge is 0.394 e. The number of methoxy groups -OCH3 is 2. The second-order valence-corrected chi connectivity index (χ2v) is 6.63. The van der Waals surface area contributed by atoms with Crippen LogP contribution in [-0.4, -0.2) is 55.4 Å². The lowest BCUT2D eigenvalue weighted by Crippen LogP contribution is -2.36. The molecule has 1 heterocycles. The molecule has 0 spiro atoms. The molecule has 6 nitrogen and oxygen atoms in total. The molecule has 1 aromatic rings. The van der Waals surface area contributed by atoms with Gasteiger partial charge in [-0.15, -0.1) is 0 Å². The average Bonchev–Trinajstić information content (AvgIpc) is 3.07. The van der Waals surface area contributed by atoms with Crippen molar-refractivity contribution in [1.82, 2.24) is 4.90 Å².